The first-order chi connectivity index (χ1) is 13.6. The van der Waals surface area contributed by atoms with E-state index in [1.807, 2.05) is 0 Å². The van der Waals surface area contributed by atoms with Gasteiger partial charge < -0.3 is 10.1 Å². The lowest BCUT2D eigenvalue weighted by Gasteiger charge is -2.14. The molecule has 6 nitrogen and oxygen atoms in total. The van der Waals surface area contributed by atoms with Gasteiger partial charge in [-0.15, -0.1) is 0 Å². The van der Waals surface area contributed by atoms with Crippen LogP contribution in [-0.2, 0) is 14.8 Å². The first-order valence-electron chi connectivity index (χ1n) is 8.91. The predicted octanol–water partition coefficient (Wildman–Crippen LogP) is 4.31. The van der Waals surface area contributed by atoms with Gasteiger partial charge in [0.15, 0.2) is 0 Å². The molecular weight excluding hydrogens is 409 g/mol. The van der Waals surface area contributed by atoms with Crippen LogP contribution in [0.25, 0.3) is 0 Å². The van der Waals surface area contributed by atoms with Gasteiger partial charge in [-0.25, -0.2) is 8.42 Å². The summed E-state index contributed by atoms with van der Waals surface area (Å²) in [6.07, 6.45) is -0.543. The Balaban J connectivity index is 1.63. The normalized spacial score (nSPS) is 15.1. The Bertz CT molecular complexity index is 952. The van der Waals surface area contributed by atoms with Gasteiger partial charge in [0.1, 0.15) is 5.75 Å². The molecule has 10 heteroatoms. The zero-order valence-corrected chi connectivity index (χ0v) is 16.0. The highest BCUT2D eigenvalue weighted by Gasteiger charge is 2.38. The van der Waals surface area contributed by atoms with Crippen molar-refractivity contribution in [2.24, 2.45) is 0 Å². The average molecular weight is 428 g/mol. The molecule has 0 aromatic heterocycles. The number of benzene rings is 2. The first kappa shape index (κ1) is 21.0. The van der Waals surface area contributed by atoms with Crippen molar-refractivity contribution in [1.29, 1.82) is 0 Å². The van der Waals surface area contributed by atoms with E-state index < -0.39 is 22.1 Å². The zero-order chi connectivity index (χ0) is 21.1. The van der Waals surface area contributed by atoms with Crippen molar-refractivity contribution < 1.29 is 31.1 Å². The number of halogens is 3. The third kappa shape index (κ3) is 5.63. The van der Waals surface area contributed by atoms with Crippen LogP contribution in [0.15, 0.2) is 53.4 Å². The lowest BCUT2D eigenvalue weighted by molar-refractivity contribution is -0.167. The van der Waals surface area contributed by atoms with Gasteiger partial charge in [-0.1, -0.05) is 0 Å². The van der Waals surface area contributed by atoms with E-state index in [1.54, 1.807) is 29.6 Å². The third-order valence-corrected chi connectivity index (χ3v) is 5.79. The molecule has 1 saturated carbocycles. The second-order valence-electron chi connectivity index (χ2n) is 6.63. The largest absolute Gasteiger partial charge is 0.490 e. The lowest BCUT2D eigenvalue weighted by Crippen LogP contribution is -2.29. The number of hydrogen-bond donors (Lipinski definition) is 2. The highest BCUT2D eigenvalue weighted by Crippen LogP contribution is 2.26. The van der Waals surface area contributed by atoms with Crippen molar-refractivity contribution in [3.8, 4) is 5.75 Å². The molecule has 156 valence electrons. The van der Waals surface area contributed by atoms with Crippen molar-refractivity contribution in [1.82, 2.24) is 0 Å². The molecule has 1 fully saturated rings. The highest BCUT2D eigenvalue weighted by molar-refractivity contribution is 7.92. The molecule has 1 aliphatic carbocycles. The minimum atomic E-state index is -5.03. The molecular formula is C19H19F3N2O4S. The van der Waals surface area contributed by atoms with Crippen molar-refractivity contribution in [2.75, 3.05) is 10.0 Å². The number of carbonyl (C=O) groups excluding carboxylic acids is 1. The summed E-state index contributed by atoms with van der Waals surface area (Å²) < 4.78 is 69.9. The minimum absolute atomic E-state index is 0.159. The number of ether oxygens (including phenoxy) is 1. The van der Waals surface area contributed by atoms with E-state index >= 15 is 0 Å². The SMILES string of the molecule is O=C(Nc1ccc(S(=O)(=O)Nc2ccc(OC3CCCC3)cc2)cc1)C(F)(F)F. The Morgan fingerprint density at radius 1 is 0.931 bits per heavy atom. The monoisotopic (exact) mass is 428 g/mol. The van der Waals surface area contributed by atoms with Crippen molar-refractivity contribution in [3.63, 3.8) is 0 Å². The van der Waals surface area contributed by atoms with Crippen LogP contribution in [-0.4, -0.2) is 26.6 Å². The van der Waals surface area contributed by atoms with E-state index in [9.17, 15) is 26.4 Å². The molecule has 0 heterocycles. The molecule has 0 unspecified atom stereocenters. The maximum absolute atomic E-state index is 12.4. The average Bonchev–Trinajstić information content (AvgIpc) is 3.16. The minimum Gasteiger partial charge on any atom is -0.490 e. The molecule has 0 bridgehead atoms. The maximum Gasteiger partial charge on any atom is 0.471 e. The molecule has 0 atom stereocenters. The Labute approximate surface area is 166 Å². The third-order valence-electron chi connectivity index (χ3n) is 4.39. The van der Waals surface area contributed by atoms with Crippen LogP contribution in [0.4, 0.5) is 24.5 Å². The van der Waals surface area contributed by atoms with E-state index in [1.165, 1.54) is 0 Å². The van der Waals surface area contributed by atoms with Gasteiger partial charge in [-0.3, -0.25) is 9.52 Å². The van der Waals surface area contributed by atoms with Gasteiger partial charge >= 0.3 is 12.1 Å². The van der Waals surface area contributed by atoms with E-state index in [-0.39, 0.29) is 16.7 Å². The fourth-order valence-electron chi connectivity index (χ4n) is 2.93. The summed E-state index contributed by atoms with van der Waals surface area (Å²) in [5.74, 6) is -1.48. The maximum atomic E-state index is 12.4. The fourth-order valence-corrected chi connectivity index (χ4v) is 3.99. The topological polar surface area (TPSA) is 84.5 Å². The molecule has 0 aliphatic heterocycles. The summed E-state index contributed by atoms with van der Waals surface area (Å²) in [5.41, 5.74) is 0.151. The van der Waals surface area contributed by atoms with Crippen LogP contribution < -0.4 is 14.8 Å². The molecule has 1 amide bonds. The number of carbonyl (C=O) groups is 1. The fraction of sp³-hybridized carbons (Fsp3) is 0.316. The van der Waals surface area contributed by atoms with Crippen LogP contribution >= 0.6 is 0 Å². The quantitative estimate of drug-likeness (QED) is 0.718. The second kappa shape index (κ2) is 8.32. The predicted molar refractivity (Wildman–Crippen MR) is 101 cm³/mol. The number of sulfonamides is 1. The van der Waals surface area contributed by atoms with Gasteiger partial charge in [0.05, 0.1) is 11.0 Å². The van der Waals surface area contributed by atoms with Crippen molar-refractivity contribution in [3.05, 3.63) is 48.5 Å². The second-order valence-corrected chi connectivity index (χ2v) is 8.31. The van der Waals surface area contributed by atoms with Gasteiger partial charge in [0.2, 0.25) is 0 Å². The molecule has 3 rings (SSSR count). The van der Waals surface area contributed by atoms with E-state index in [0.717, 1.165) is 49.9 Å². The molecule has 0 radical (unpaired) electrons. The molecule has 1 aliphatic rings. The molecule has 2 aromatic carbocycles. The zero-order valence-electron chi connectivity index (χ0n) is 15.2. The highest BCUT2D eigenvalue weighted by atomic mass is 32.2. The summed E-state index contributed by atoms with van der Waals surface area (Å²) in [7, 11) is -3.95. The summed E-state index contributed by atoms with van der Waals surface area (Å²) in [4.78, 5) is 10.8. The Hall–Kier alpha value is -2.75. The van der Waals surface area contributed by atoms with E-state index in [4.69, 9.17) is 4.74 Å². The number of hydrogen-bond acceptors (Lipinski definition) is 4. The smallest absolute Gasteiger partial charge is 0.471 e. The number of anilines is 2. The van der Waals surface area contributed by atoms with Gasteiger partial charge in [-0.2, -0.15) is 13.2 Å². The summed E-state index contributed by atoms with van der Waals surface area (Å²) in [5, 5.41) is 1.65. The first-order valence-corrected chi connectivity index (χ1v) is 10.4. The van der Waals surface area contributed by atoms with Crippen LogP contribution in [0.3, 0.4) is 0 Å². The standard InChI is InChI=1S/C19H19F3N2O4S/c20-19(21,22)18(25)23-13-7-11-17(12-8-13)29(26,27)24-14-5-9-16(10-6-14)28-15-3-1-2-4-15/h5-12,15,24H,1-4H2,(H,23,25). The van der Waals surface area contributed by atoms with Crippen LogP contribution in [0.5, 0.6) is 5.75 Å². The number of amides is 1. The molecule has 29 heavy (non-hydrogen) atoms. The molecule has 2 aromatic rings. The van der Waals surface area contributed by atoms with E-state index in [2.05, 4.69) is 4.72 Å². The van der Waals surface area contributed by atoms with Gasteiger partial charge in [0.25, 0.3) is 10.0 Å². The number of alkyl halides is 3. The van der Waals surface area contributed by atoms with E-state index in [0.29, 0.717) is 11.4 Å². The van der Waals surface area contributed by atoms with Crippen LogP contribution in [0, 0.1) is 0 Å². The molecule has 2 N–H and O–H groups in total. The van der Waals surface area contributed by atoms with Crippen molar-refractivity contribution >= 4 is 27.3 Å². The Morgan fingerprint density at radius 3 is 2.03 bits per heavy atom. The van der Waals surface area contributed by atoms with Gasteiger partial charge in [-0.05, 0) is 74.2 Å². The van der Waals surface area contributed by atoms with Crippen molar-refractivity contribution in [2.45, 2.75) is 42.9 Å². The number of nitrogens with one attached hydrogen (secondary N) is 2. The van der Waals surface area contributed by atoms with Gasteiger partial charge in [0, 0.05) is 11.4 Å². The summed E-state index contributed by atoms with van der Waals surface area (Å²) >= 11 is 0. The molecule has 0 spiro atoms. The Kier molecular flexibility index (Phi) is 6.02. The number of rotatable bonds is 6. The van der Waals surface area contributed by atoms with Crippen LogP contribution in [0.2, 0.25) is 0 Å². The van der Waals surface area contributed by atoms with Crippen LogP contribution in [0.1, 0.15) is 25.7 Å². The Morgan fingerprint density at radius 2 is 1.48 bits per heavy atom. The summed E-state index contributed by atoms with van der Waals surface area (Å²) in [6.45, 7) is 0. The molecule has 0 saturated heterocycles. The lowest BCUT2D eigenvalue weighted by atomic mass is 10.3. The summed E-state index contributed by atoms with van der Waals surface area (Å²) in [6, 6.07) is 10.8.